The number of aliphatic hydroxyl groups excluding tert-OH is 1. The number of halogens is 4. The second-order valence-corrected chi connectivity index (χ2v) is 5.25. The molecule has 2 N–H and O–H groups in total. The zero-order chi connectivity index (χ0) is 16.2. The molecule has 0 bridgehead atoms. The summed E-state index contributed by atoms with van der Waals surface area (Å²) in [6.45, 7) is -0.853. The van der Waals surface area contributed by atoms with Gasteiger partial charge < -0.3 is 10.4 Å². The molecule has 0 saturated carbocycles. The highest BCUT2D eigenvalue weighted by Gasteiger charge is 2.36. The number of hydrogen-bond acceptors (Lipinski definition) is 4. The van der Waals surface area contributed by atoms with Crippen LogP contribution in [0.25, 0.3) is 0 Å². The van der Waals surface area contributed by atoms with Gasteiger partial charge in [0.05, 0.1) is 17.6 Å². The van der Waals surface area contributed by atoms with Gasteiger partial charge in [-0.1, -0.05) is 23.2 Å². The molecule has 0 aliphatic rings. The van der Waals surface area contributed by atoms with Crippen molar-refractivity contribution in [2.24, 2.45) is 0 Å². The van der Waals surface area contributed by atoms with Crippen LogP contribution in [-0.2, 0) is 4.79 Å². The van der Waals surface area contributed by atoms with E-state index in [0.717, 1.165) is 24.3 Å². The van der Waals surface area contributed by atoms with Crippen molar-refractivity contribution in [3.05, 3.63) is 39.9 Å². The summed E-state index contributed by atoms with van der Waals surface area (Å²) < 4.78 is 23.8. The first-order chi connectivity index (χ1) is 9.66. The molecule has 0 saturated heterocycles. The average Bonchev–Trinajstić information content (AvgIpc) is 2.42. The highest BCUT2D eigenvalue weighted by Crippen LogP contribution is 2.26. The molecule has 1 aromatic rings. The molecule has 21 heavy (non-hydrogen) atoms. The normalized spacial score (nSPS) is 14.3. The first-order valence-electron chi connectivity index (χ1n) is 5.53. The third-order valence-corrected chi connectivity index (χ3v) is 2.89. The van der Waals surface area contributed by atoms with Crippen LogP contribution in [0.5, 0.6) is 0 Å². The Morgan fingerprint density at radius 1 is 1.43 bits per heavy atom. The number of non-ortho nitro benzene ring substituents is 1. The Labute approximate surface area is 127 Å². The zero-order valence-electron chi connectivity index (χ0n) is 10.3. The van der Waals surface area contributed by atoms with Crippen molar-refractivity contribution in [1.82, 2.24) is 5.32 Å². The first-order valence-corrected chi connectivity index (χ1v) is 6.29. The van der Waals surface area contributed by atoms with Crippen molar-refractivity contribution in [3.63, 3.8) is 0 Å². The molecule has 0 spiro atoms. The van der Waals surface area contributed by atoms with E-state index in [0.29, 0.717) is 0 Å². The quantitative estimate of drug-likeness (QED) is 0.470. The topological polar surface area (TPSA) is 92.5 Å². The van der Waals surface area contributed by atoms with E-state index >= 15 is 0 Å². The van der Waals surface area contributed by atoms with Crippen LogP contribution in [-0.4, -0.2) is 33.2 Å². The average molecular weight is 343 g/mol. The maximum Gasteiger partial charge on any atom is 0.335 e. The highest BCUT2D eigenvalue weighted by molar-refractivity contribution is 6.56. The van der Waals surface area contributed by atoms with E-state index < -0.39 is 34.2 Å². The van der Waals surface area contributed by atoms with Crippen molar-refractivity contribution >= 4 is 34.8 Å². The van der Waals surface area contributed by atoms with Gasteiger partial charge in [0, 0.05) is 12.1 Å². The molecule has 1 rings (SSSR count). The van der Waals surface area contributed by atoms with Gasteiger partial charge in [0.25, 0.3) is 11.6 Å². The van der Waals surface area contributed by atoms with Crippen LogP contribution in [0.4, 0.5) is 14.5 Å². The predicted molar refractivity (Wildman–Crippen MR) is 71.5 cm³/mol. The van der Waals surface area contributed by atoms with Gasteiger partial charge in [0.2, 0.25) is 0 Å². The van der Waals surface area contributed by atoms with E-state index in [4.69, 9.17) is 28.3 Å². The number of carbonyl (C=O) groups is 1. The van der Waals surface area contributed by atoms with E-state index in [1.54, 1.807) is 5.32 Å². The SMILES string of the molecule is O=C(NC(CO)C(F)c1ccc([N+](=O)[O-])cc1)C(F)(Cl)Cl. The highest BCUT2D eigenvalue weighted by atomic mass is 35.5. The standard InChI is InChI=1S/C11H10Cl2F2N2O4/c12-11(13,15)10(19)16-8(5-18)9(14)6-1-3-7(4-2-6)17(20)21/h1-4,8-9,18H,5H2,(H,16,19). The van der Waals surface area contributed by atoms with Gasteiger partial charge in [-0.05, 0) is 17.7 Å². The third-order valence-electron chi connectivity index (χ3n) is 2.55. The number of nitrogens with zero attached hydrogens (tertiary/aromatic N) is 1. The molecule has 1 amide bonds. The summed E-state index contributed by atoms with van der Waals surface area (Å²) in [6, 6.07) is 2.83. The van der Waals surface area contributed by atoms with E-state index in [-0.39, 0.29) is 11.3 Å². The van der Waals surface area contributed by atoms with Crippen LogP contribution in [0.2, 0.25) is 0 Å². The molecule has 2 atom stereocenters. The summed E-state index contributed by atoms with van der Waals surface area (Å²) in [5, 5.41) is 21.3. The number of amides is 1. The molecular weight excluding hydrogens is 333 g/mol. The number of rotatable bonds is 6. The molecule has 0 aliphatic heterocycles. The second-order valence-electron chi connectivity index (χ2n) is 4.01. The summed E-state index contributed by atoms with van der Waals surface area (Å²) in [6.07, 6.45) is -1.93. The summed E-state index contributed by atoms with van der Waals surface area (Å²) in [5.74, 6) is -1.52. The number of nitro groups is 1. The smallest absolute Gasteiger partial charge is 0.335 e. The molecule has 0 radical (unpaired) electrons. The van der Waals surface area contributed by atoms with Gasteiger partial charge in [0.15, 0.2) is 0 Å². The van der Waals surface area contributed by atoms with Gasteiger partial charge in [-0.3, -0.25) is 14.9 Å². The lowest BCUT2D eigenvalue weighted by atomic mass is 10.0. The summed E-state index contributed by atoms with van der Waals surface area (Å²) in [5.41, 5.74) is -0.298. The third kappa shape index (κ3) is 4.76. The maximum atomic E-state index is 14.1. The fourth-order valence-electron chi connectivity index (χ4n) is 1.47. The van der Waals surface area contributed by atoms with Gasteiger partial charge in [-0.2, -0.15) is 4.39 Å². The number of benzene rings is 1. The first kappa shape index (κ1) is 17.5. The van der Waals surface area contributed by atoms with Crippen molar-refractivity contribution in [2.45, 2.75) is 16.8 Å². The maximum absolute atomic E-state index is 14.1. The molecular formula is C11H10Cl2F2N2O4. The Balaban J connectivity index is 2.85. The number of nitro benzene ring substituents is 1. The number of nitrogens with one attached hydrogen (secondary N) is 1. The van der Waals surface area contributed by atoms with Crippen molar-refractivity contribution in [1.29, 1.82) is 0 Å². The Kier molecular flexibility index (Phi) is 5.82. The number of carbonyl (C=O) groups excluding carboxylic acids is 1. The minimum atomic E-state index is -3.26. The minimum absolute atomic E-state index is 0.0476. The van der Waals surface area contributed by atoms with E-state index in [2.05, 4.69) is 0 Å². The molecule has 0 aliphatic carbocycles. The van der Waals surface area contributed by atoms with Crippen molar-refractivity contribution in [2.75, 3.05) is 6.61 Å². The molecule has 6 nitrogen and oxygen atoms in total. The zero-order valence-corrected chi connectivity index (χ0v) is 11.8. The molecule has 2 unspecified atom stereocenters. The van der Waals surface area contributed by atoms with Crippen LogP contribution in [0.3, 0.4) is 0 Å². The second kappa shape index (κ2) is 6.97. The number of aliphatic hydroxyl groups is 1. The number of alkyl halides is 4. The molecule has 10 heteroatoms. The van der Waals surface area contributed by atoms with Crippen LogP contribution in [0.1, 0.15) is 11.7 Å². The van der Waals surface area contributed by atoms with Gasteiger partial charge in [0.1, 0.15) is 6.17 Å². The van der Waals surface area contributed by atoms with E-state index in [9.17, 15) is 23.7 Å². The van der Waals surface area contributed by atoms with Crippen LogP contribution in [0, 0.1) is 10.1 Å². The number of hydrogen-bond donors (Lipinski definition) is 2. The van der Waals surface area contributed by atoms with Gasteiger partial charge >= 0.3 is 4.59 Å². The Morgan fingerprint density at radius 3 is 2.33 bits per heavy atom. The fraction of sp³-hybridized carbons (Fsp3) is 0.364. The van der Waals surface area contributed by atoms with Gasteiger partial charge in [-0.25, -0.2) is 4.39 Å². The molecule has 0 fully saturated rings. The Bertz CT molecular complexity index is 522. The van der Waals surface area contributed by atoms with Crippen molar-refractivity contribution < 1.29 is 23.6 Å². The van der Waals surface area contributed by atoms with Crippen LogP contribution in [0.15, 0.2) is 24.3 Å². The summed E-state index contributed by atoms with van der Waals surface area (Å²) >= 11 is 9.80. The molecule has 0 heterocycles. The lowest BCUT2D eigenvalue weighted by molar-refractivity contribution is -0.384. The predicted octanol–water partition coefficient (Wildman–Crippen LogP) is 2.18. The lowest BCUT2D eigenvalue weighted by Crippen LogP contribution is -2.46. The molecule has 1 aromatic carbocycles. The molecule has 116 valence electrons. The van der Waals surface area contributed by atoms with Gasteiger partial charge in [-0.15, -0.1) is 0 Å². The minimum Gasteiger partial charge on any atom is -0.394 e. The summed E-state index contributed by atoms with van der Waals surface area (Å²) in [4.78, 5) is 21.0. The van der Waals surface area contributed by atoms with E-state index in [1.807, 2.05) is 0 Å². The van der Waals surface area contributed by atoms with Crippen LogP contribution >= 0.6 is 23.2 Å². The molecule has 0 aromatic heterocycles. The monoisotopic (exact) mass is 342 g/mol. The fourth-order valence-corrected chi connectivity index (χ4v) is 1.58. The Morgan fingerprint density at radius 2 is 1.95 bits per heavy atom. The lowest BCUT2D eigenvalue weighted by Gasteiger charge is -2.22. The van der Waals surface area contributed by atoms with E-state index in [1.165, 1.54) is 0 Å². The summed E-state index contributed by atoms with van der Waals surface area (Å²) in [7, 11) is 0. The van der Waals surface area contributed by atoms with Crippen LogP contribution < -0.4 is 5.32 Å². The Hall–Kier alpha value is -1.51. The largest absolute Gasteiger partial charge is 0.394 e. The van der Waals surface area contributed by atoms with Crippen molar-refractivity contribution in [3.8, 4) is 0 Å².